The topological polar surface area (TPSA) is 74.2 Å². The Morgan fingerprint density at radius 2 is 1.59 bits per heavy atom. The fraction of sp³-hybridized carbons (Fsp3) is 0.553. The first kappa shape index (κ1) is 38.9. The summed E-state index contributed by atoms with van der Waals surface area (Å²) in [5.74, 6) is 0.172. The minimum absolute atomic E-state index is 0.105. The molecule has 1 aromatic carbocycles. The van der Waals surface area contributed by atoms with Crippen LogP contribution in [0.15, 0.2) is 77.5 Å². The normalized spacial score (nSPS) is 13.9. The molecule has 6 heteroatoms. The molecule has 0 fully saturated rings. The Labute approximate surface area is 267 Å². The lowest BCUT2D eigenvalue weighted by Gasteiger charge is -2.21. The van der Waals surface area contributed by atoms with Crippen LogP contribution < -0.4 is 9.47 Å². The first-order valence-electron chi connectivity index (χ1n) is 15.7. The maximum atomic E-state index is 11.9. The molecule has 0 heterocycles. The van der Waals surface area contributed by atoms with Gasteiger partial charge in [-0.3, -0.25) is 0 Å². The van der Waals surface area contributed by atoms with E-state index in [1.54, 1.807) is 27.2 Å². The van der Waals surface area contributed by atoms with Gasteiger partial charge in [-0.05, 0) is 103 Å². The van der Waals surface area contributed by atoms with E-state index in [0.717, 1.165) is 56.1 Å². The minimum Gasteiger partial charge on any atom is -0.493 e. The maximum absolute atomic E-state index is 11.9. The molecular weight excluding hydrogens is 552 g/mol. The number of benzene rings is 1. The lowest BCUT2D eigenvalue weighted by molar-refractivity contribution is -0.160. The van der Waals surface area contributed by atoms with Gasteiger partial charge >= 0.3 is 5.97 Å². The molecule has 1 aromatic rings. The van der Waals surface area contributed by atoms with E-state index < -0.39 is 18.2 Å². The van der Waals surface area contributed by atoms with Gasteiger partial charge in [0.1, 0.15) is 0 Å². The second kappa shape index (κ2) is 20.8. The average molecular weight is 611 g/mol. The van der Waals surface area contributed by atoms with Gasteiger partial charge in [0, 0.05) is 0 Å². The number of hydrogen-bond donors (Lipinski definition) is 1. The highest BCUT2D eigenvalue weighted by Gasteiger charge is 2.26. The summed E-state index contributed by atoms with van der Waals surface area (Å²) in [4.78, 5) is 11.9. The third-order valence-electron chi connectivity index (χ3n) is 7.57. The predicted octanol–water partition coefficient (Wildman–Crippen LogP) is 9.81. The van der Waals surface area contributed by atoms with Crippen molar-refractivity contribution in [1.29, 1.82) is 0 Å². The number of allylic oxidation sites excluding steroid dienone is 8. The molecule has 0 saturated heterocycles. The number of methoxy groups -OCH3 is 2. The molecular formula is C38H58O6. The van der Waals surface area contributed by atoms with Crippen LogP contribution >= 0.6 is 0 Å². The number of ether oxygens (including phenoxy) is 4. The summed E-state index contributed by atoms with van der Waals surface area (Å²) in [6.45, 7) is 19.6. The van der Waals surface area contributed by atoms with Crippen molar-refractivity contribution in [2.45, 2.75) is 112 Å². The second-order valence-electron chi connectivity index (χ2n) is 12.6. The molecule has 0 radical (unpaired) electrons. The first-order valence-corrected chi connectivity index (χ1v) is 15.7. The van der Waals surface area contributed by atoms with E-state index in [2.05, 4.69) is 65.5 Å². The molecule has 0 saturated carbocycles. The predicted molar refractivity (Wildman–Crippen MR) is 182 cm³/mol. The van der Waals surface area contributed by atoms with E-state index in [1.165, 1.54) is 16.7 Å². The summed E-state index contributed by atoms with van der Waals surface area (Å²) in [6.07, 6.45) is 16.5. The molecule has 2 atom stereocenters. The Kier molecular flexibility index (Phi) is 18.4. The molecule has 1 N–H and O–H groups in total. The van der Waals surface area contributed by atoms with E-state index in [9.17, 15) is 9.90 Å². The highest BCUT2D eigenvalue weighted by Crippen LogP contribution is 2.29. The van der Waals surface area contributed by atoms with Crippen molar-refractivity contribution < 1.29 is 28.8 Å². The molecule has 0 amide bonds. The Hall–Kier alpha value is -3.09. The summed E-state index contributed by atoms with van der Waals surface area (Å²) in [5.41, 5.74) is 6.21. The number of carbonyl (C=O) groups is 1. The molecule has 0 aliphatic rings. The van der Waals surface area contributed by atoms with Crippen molar-refractivity contribution in [3.63, 3.8) is 0 Å². The quantitative estimate of drug-likeness (QED) is 0.132. The van der Waals surface area contributed by atoms with Crippen molar-refractivity contribution >= 4 is 5.97 Å². The maximum Gasteiger partial charge on any atom is 0.335 e. The molecule has 2 unspecified atom stereocenters. The van der Waals surface area contributed by atoms with E-state index in [0.29, 0.717) is 11.5 Å². The van der Waals surface area contributed by atoms with E-state index in [4.69, 9.17) is 18.9 Å². The van der Waals surface area contributed by atoms with Crippen molar-refractivity contribution in [1.82, 2.24) is 0 Å². The van der Waals surface area contributed by atoms with E-state index in [1.807, 2.05) is 25.1 Å². The van der Waals surface area contributed by atoms with Crippen LogP contribution in [-0.4, -0.2) is 44.1 Å². The van der Waals surface area contributed by atoms with E-state index in [-0.39, 0.29) is 18.6 Å². The number of rotatable bonds is 22. The summed E-state index contributed by atoms with van der Waals surface area (Å²) in [7, 11) is 3.15. The summed E-state index contributed by atoms with van der Waals surface area (Å²) in [5, 5.41) is 9.70. The zero-order valence-electron chi connectivity index (χ0n) is 28.8. The van der Waals surface area contributed by atoms with Gasteiger partial charge in [0.25, 0.3) is 0 Å². The number of carboxylic acid groups (broad SMARTS) is 1. The lowest BCUT2D eigenvalue weighted by Crippen LogP contribution is -2.36. The standard InChI is InChI=1S/C38H58O6/c1-28(2)14-13-16-29(3)17-18-31(5)21-24-38(7,8)23-12-11-15-30(4)22-25-43-36(37(39)40)32(6)44-27-33-19-20-34(41-9)35(26-33)42-10/h12,14,17,19-20,22-23,26,32,36H,5,11,13,15-16,18,21,24-25,27H2,1-4,6-10H3,(H,39,40)/b23-12+,29-17+,30-22-. The number of carboxylic acids is 1. The fourth-order valence-electron chi connectivity index (χ4n) is 4.50. The zero-order chi connectivity index (χ0) is 33.1. The molecule has 1 rings (SSSR count). The molecule has 246 valence electrons. The van der Waals surface area contributed by atoms with E-state index >= 15 is 0 Å². The van der Waals surface area contributed by atoms with Gasteiger partial charge in [0.05, 0.1) is 33.5 Å². The summed E-state index contributed by atoms with van der Waals surface area (Å²) < 4.78 is 22.1. The summed E-state index contributed by atoms with van der Waals surface area (Å²) in [6, 6.07) is 5.47. The van der Waals surface area contributed by atoms with Crippen LogP contribution in [-0.2, 0) is 20.9 Å². The zero-order valence-corrected chi connectivity index (χ0v) is 28.8. The van der Waals surface area contributed by atoms with Crippen LogP contribution in [0.5, 0.6) is 11.5 Å². The third kappa shape index (κ3) is 16.7. The van der Waals surface area contributed by atoms with Crippen molar-refractivity contribution in [2.24, 2.45) is 5.41 Å². The Balaban J connectivity index is 2.45. The molecule has 0 aliphatic heterocycles. The molecule has 0 aliphatic carbocycles. The second-order valence-corrected chi connectivity index (χ2v) is 12.6. The molecule has 0 bridgehead atoms. The third-order valence-corrected chi connectivity index (χ3v) is 7.57. The smallest absolute Gasteiger partial charge is 0.335 e. The monoisotopic (exact) mass is 610 g/mol. The van der Waals surface area contributed by atoms with Crippen LogP contribution in [0.4, 0.5) is 0 Å². The highest BCUT2D eigenvalue weighted by molar-refractivity contribution is 5.73. The van der Waals surface area contributed by atoms with Gasteiger partial charge in [0.15, 0.2) is 17.6 Å². The van der Waals surface area contributed by atoms with Crippen molar-refractivity contribution in [3.8, 4) is 11.5 Å². The van der Waals surface area contributed by atoms with Gasteiger partial charge in [-0.25, -0.2) is 4.79 Å². The van der Waals surface area contributed by atoms with Crippen LogP contribution in [0.25, 0.3) is 0 Å². The highest BCUT2D eigenvalue weighted by atomic mass is 16.6. The SMILES string of the molecule is C=C(C/C=C(\C)CCC=C(C)C)CCC(C)(C)/C=C/CC/C(C)=C\COC(C(=O)O)C(C)OCc1ccc(OC)c(OC)c1. The van der Waals surface area contributed by atoms with Crippen LogP contribution in [0.3, 0.4) is 0 Å². The Bertz CT molecular complexity index is 1150. The Morgan fingerprint density at radius 1 is 0.932 bits per heavy atom. The van der Waals surface area contributed by atoms with Gasteiger partial charge in [-0.1, -0.05) is 79.2 Å². The van der Waals surface area contributed by atoms with Gasteiger partial charge in [-0.15, -0.1) is 0 Å². The van der Waals surface area contributed by atoms with Gasteiger partial charge < -0.3 is 24.1 Å². The first-order chi connectivity index (χ1) is 20.8. The van der Waals surface area contributed by atoms with Crippen LogP contribution in [0, 0.1) is 5.41 Å². The van der Waals surface area contributed by atoms with Crippen LogP contribution in [0.1, 0.15) is 99.0 Å². The molecule has 44 heavy (non-hydrogen) atoms. The van der Waals surface area contributed by atoms with Crippen molar-refractivity contribution in [3.05, 3.63) is 83.0 Å². The minimum atomic E-state index is -1.07. The van der Waals surface area contributed by atoms with Crippen molar-refractivity contribution in [2.75, 3.05) is 20.8 Å². The van der Waals surface area contributed by atoms with Gasteiger partial charge in [-0.2, -0.15) is 0 Å². The lowest BCUT2D eigenvalue weighted by atomic mass is 9.85. The summed E-state index contributed by atoms with van der Waals surface area (Å²) >= 11 is 0. The molecule has 0 spiro atoms. The average Bonchev–Trinajstić information content (AvgIpc) is 2.97. The molecule has 6 nitrogen and oxygen atoms in total. The Morgan fingerprint density at radius 3 is 2.23 bits per heavy atom. The van der Waals surface area contributed by atoms with Crippen LogP contribution in [0.2, 0.25) is 0 Å². The largest absolute Gasteiger partial charge is 0.493 e. The van der Waals surface area contributed by atoms with Gasteiger partial charge in [0.2, 0.25) is 0 Å². The molecule has 0 aromatic heterocycles. The number of aliphatic carboxylic acids is 1. The number of hydrogen-bond acceptors (Lipinski definition) is 5. The fourth-order valence-corrected chi connectivity index (χ4v) is 4.50.